The molecule has 3 nitrogen and oxygen atoms in total. The Bertz CT molecular complexity index is 154. The Kier molecular flexibility index (Phi) is 2.76. The molecule has 1 aliphatic heterocycles. The number of ether oxygens (including phenoxy) is 1. The third kappa shape index (κ3) is 1.97. The van der Waals surface area contributed by atoms with Crippen molar-refractivity contribution < 1.29 is 14.9 Å². The van der Waals surface area contributed by atoms with Gasteiger partial charge in [-0.25, -0.2) is 0 Å². The van der Waals surface area contributed by atoms with E-state index in [1.165, 1.54) is 0 Å². The van der Waals surface area contributed by atoms with E-state index in [0.717, 1.165) is 0 Å². The molecule has 0 aromatic heterocycles. The molecule has 1 fully saturated rings. The van der Waals surface area contributed by atoms with E-state index in [0.29, 0.717) is 13.0 Å². The molecule has 0 radical (unpaired) electrons. The van der Waals surface area contributed by atoms with Crippen molar-refractivity contribution in [1.82, 2.24) is 0 Å². The van der Waals surface area contributed by atoms with Crippen LogP contribution in [0, 0.1) is 5.41 Å². The summed E-state index contributed by atoms with van der Waals surface area (Å²) in [7, 11) is 0. The van der Waals surface area contributed by atoms with E-state index in [2.05, 4.69) is 0 Å². The van der Waals surface area contributed by atoms with Gasteiger partial charge >= 0.3 is 0 Å². The van der Waals surface area contributed by atoms with Gasteiger partial charge in [-0.2, -0.15) is 0 Å². The van der Waals surface area contributed by atoms with Crippen LogP contribution in [0.4, 0.5) is 0 Å². The highest BCUT2D eigenvalue weighted by molar-refractivity contribution is 4.86. The molecular weight excluding hydrogens is 156 g/mol. The first-order valence-electron chi connectivity index (χ1n) is 4.41. The molecule has 1 aliphatic rings. The van der Waals surface area contributed by atoms with Crippen LogP contribution in [0.25, 0.3) is 0 Å². The van der Waals surface area contributed by atoms with Gasteiger partial charge < -0.3 is 14.9 Å². The van der Waals surface area contributed by atoms with Gasteiger partial charge in [0, 0.05) is 11.8 Å². The molecule has 1 saturated heterocycles. The van der Waals surface area contributed by atoms with Gasteiger partial charge in [0.15, 0.2) is 0 Å². The van der Waals surface area contributed by atoms with Crippen molar-refractivity contribution in [2.75, 3.05) is 6.61 Å². The quantitative estimate of drug-likeness (QED) is 0.610. The van der Waals surface area contributed by atoms with Crippen molar-refractivity contribution in [2.24, 2.45) is 5.41 Å². The van der Waals surface area contributed by atoms with Gasteiger partial charge in [0.1, 0.15) is 0 Å². The molecule has 3 atom stereocenters. The zero-order valence-electron chi connectivity index (χ0n) is 7.95. The molecule has 0 bridgehead atoms. The lowest BCUT2D eigenvalue weighted by atomic mass is 9.81. The van der Waals surface area contributed by atoms with Gasteiger partial charge in [-0.15, -0.1) is 0 Å². The molecule has 0 saturated carbocycles. The van der Waals surface area contributed by atoms with Gasteiger partial charge in [-0.3, -0.25) is 0 Å². The molecule has 1 rings (SSSR count). The van der Waals surface area contributed by atoms with Crippen LogP contribution in [0.3, 0.4) is 0 Å². The van der Waals surface area contributed by atoms with Crippen molar-refractivity contribution in [3.05, 3.63) is 0 Å². The van der Waals surface area contributed by atoms with Crippen molar-refractivity contribution in [2.45, 2.75) is 45.5 Å². The average molecular weight is 174 g/mol. The molecule has 2 N–H and O–H groups in total. The van der Waals surface area contributed by atoms with Crippen molar-refractivity contribution >= 4 is 0 Å². The molecule has 1 unspecified atom stereocenters. The minimum absolute atomic E-state index is 0.175. The first-order valence-corrected chi connectivity index (χ1v) is 4.41. The Morgan fingerprint density at radius 3 is 2.50 bits per heavy atom. The fraction of sp³-hybridized carbons (Fsp3) is 1.00. The van der Waals surface area contributed by atoms with Crippen LogP contribution in [0.2, 0.25) is 0 Å². The zero-order valence-corrected chi connectivity index (χ0v) is 7.95. The fourth-order valence-electron chi connectivity index (χ4n) is 1.36. The number of aliphatic hydroxyl groups excluding tert-OH is 2. The molecule has 72 valence electrons. The highest BCUT2D eigenvalue weighted by atomic mass is 16.5. The normalized spacial score (nSPS) is 37.8. The molecule has 0 aromatic rings. The third-order valence-electron chi connectivity index (χ3n) is 2.57. The van der Waals surface area contributed by atoms with Crippen molar-refractivity contribution in [1.29, 1.82) is 0 Å². The highest BCUT2D eigenvalue weighted by Gasteiger charge is 2.37. The zero-order chi connectivity index (χ0) is 9.35. The van der Waals surface area contributed by atoms with E-state index in [-0.39, 0.29) is 17.6 Å². The van der Waals surface area contributed by atoms with Crippen LogP contribution < -0.4 is 0 Å². The molecule has 0 spiro atoms. The second-order valence-electron chi connectivity index (χ2n) is 4.33. The Morgan fingerprint density at radius 2 is 2.08 bits per heavy atom. The van der Waals surface area contributed by atoms with Crippen LogP contribution in [0.5, 0.6) is 0 Å². The largest absolute Gasteiger partial charge is 0.392 e. The van der Waals surface area contributed by atoms with E-state index in [9.17, 15) is 10.2 Å². The third-order valence-corrected chi connectivity index (χ3v) is 2.57. The van der Waals surface area contributed by atoms with Gasteiger partial charge in [-0.1, -0.05) is 13.8 Å². The predicted octanol–water partition coefficient (Wildman–Crippen LogP) is 0.543. The molecular formula is C9H18O3. The second-order valence-corrected chi connectivity index (χ2v) is 4.33. The molecule has 0 aromatic carbocycles. The van der Waals surface area contributed by atoms with Crippen LogP contribution in [0.1, 0.15) is 27.2 Å². The molecule has 3 heteroatoms. The number of hydrogen-bond acceptors (Lipinski definition) is 3. The summed E-state index contributed by atoms with van der Waals surface area (Å²) in [6.07, 6.45) is -0.528. The van der Waals surface area contributed by atoms with Crippen molar-refractivity contribution in [3.63, 3.8) is 0 Å². The summed E-state index contributed by atoms with van der Waals surface area (Å²) in [5.41, 5.74) is -0.175. The van der Waals surface area contributed by atoms with E-state index < -0.39 is 6.10 Å². The van der Waals surface area contributed by atoms with E-state index in [1.54, 1.807) is 6.92 Å². The summed E-state index contributed by atoms with van der Waals surface area (Å²) in [5.74, 6) is 0. The van der Waals surface area contributed by atoms with Gasteiger partial charge in [0.25, 0.3) is 0 Å². The highest BCUT2D eigenvalue weighted by Crippen LogP contribution is 2.31. The SMILES string of the molecule is C[C@@H](O)C1C[C@@H](O)C(C)(C)CO1. The first kappa shape index (κ1) is 9.96. The number of aliphatic hydroxyl groups is 2. The lowest BCUT2D eigenvalue weighted by Gasteiger charge is -2.39. The maximum Gasteiger partial charge on any atom is 0.0856 e. The minimum atomic E-state index is -0.490. The lowest BCUT2D eigenvalue weighted by molar-refractivity contribution is -0.149. The summed E-state index contributed by atoms with van der Waals surface area (Å²) in [6, 6.07) is 0. The first-order chi connectivity index (χ1) is 5.43. The monoisotopic (exact) mass is 174 g/mol. The molecule has 1 heterocycles. The summed E-state index contributed by atoms with van der Waals surface area (Å²) >= 11 is 0. The summed E-state index contributed by atoms with van der Waals surface area (Å²) in [4.78, 5) is 0. The topological polar surface area (TPSA) is 49.7 Å². The Labute approximate surface area is 73.4 Å². The summed E-state index contributed by atoms with van der Waals surface area (Å²) < 4.78 is 5.42. The second kappa shape index (κ2) is 3.32. The van der Waals surface area contributed by atoms with Gasteiger partial charge in [0.2, 0.25) is 0 Å². The Morgan fingerprint density at radius 1 is 1.50 bits per heavy atom. The minimum Gasteiger partial charge on any atom is -0.392 e. The molecule has 0 amide bonds. The van der Waals surface area contributed by atoms with E-state index in [1.807, 2.05) is 13.8 Å². The van der Waals surface area contributed by atoms with Crippen LogP contribution in [-0.4, -0.2) is 35.1 Å². The smallest absolute Gasteiger partial charge is 0.0856 e. The molecule has 0 aliphatic carbocycles. The number of hydrogen-bond donors (Lipinski definition) is 2. The van der Waals surface area contributed by atoms with Gasteiger partial charge in [0.05, 0.1) is 24.9 Å². The summed E-state index contributed by atoms with van der Waals surface area (Å²) in [6.45, 7) is 6.14. The lowest BCUT2D eigenvalue weighted by Crippen LogP contribution is -2.46. The maximum absolute atomic E-state index is 9.67. The van der Waals surface area contributed by atoms with Crippen LogP contribution in [0.15, 0.2) is 0 Å². The fourth-order valence-corrected chi connectivity index (χ4v) is 1.36. The maximum atomic E-state index is 9.67. The molecule has 12 heavy (non-hydrogen) atoms. The van der Waals surface area contributed by atoms with Gasteiger partial charge in [-0.05, 0) is 6.92 Å². The Balaban J connectivity index is 2.52. The standard InChI is InChI=1S/C9H18O3/c1-6(10)7-4-8(11)9(2,3)5-12-7/h6-8,10-11H,4-5H2,1-3H3/t6-,7?,8-/m1/s1. The van der Waals surface area contributed by atoms with Crippen molar-refractivity contribution in [3.8, 4) is 0 Å². The van der Waals surface area contributed by atoms with E-state index in [4.69, 9.17) is 4.74 Å². The predicted molar refractivity (Wildman–Crippen MR) is 45.8 cm³/mol. The van der Waals surface area contributed by atoms with Crippen LogP contribution in [-0.2, 0) is 4.74 Å². The average Bonchev–Trinajstić information content (AvgIpc) is 1.94. The number of rotatable bonds is 1. The van der Waals surface area contributed by atoms with Crippen LogP contribution >= 0.6 is 0 Å². The Hall–Kier alpha value is -0.120. The summed E-state index contributed by atoms with van der Waals surface area (Å²) in [5, 5.41) is 18.9. The van der Waals surface area contributed by atoms with E-state index >= 15 is 0 Å².